The normalized spacial score (nSPS) is 14.9. The summed E-state index contributed by atoms with van der Waals surface area (Å²) in [7, 11) is 0. The molecule has 0 saturated heterocycles. The minimum atomic E-state index is -4.53. The number of ether oxygens (including phenoxy) is 1. The average Bonchev–Trinajstić information content (AvgIpc) is 3.03. The van der Waals surface area contributed by atoms with Crippen molar-refractivity contribution in [1.29, 1.82) is 0 Å². The topological polar surface area (TPSA) is 105 Å². The van der Waals surface area contributed by atoms with Crippen molar-refractivity contribution in [2.75, 3.05) is 11.9 Å². The van der Waals surface area contributed by atoms with Gasteiger partial charge in [-0.25, -0.2) is 9.97 Å². The Kier molecular flexibility index (Phi) is 6.34. The van der Waals surface area contributed by atoms with Crippen LogP contribution in [0.4, 0.5) is 19.0 Å². The molecule has 0 saturated carbocycles. The number of amides is 2. The zero-order chi connectivity index (χ0) is 23.8. The monoisotopic (exact) mass is 472 g/mol. The molecule has 0 aromatic carbocycles. The molecule has 3 rings (SSSR count). The Bertz CT molecular complexity index is 1060. The zero-order valence-corrected chi connectivity index (χ0v) is 18.1. The Balaban J connectivity index is 1.80. The number of carbonyl (C=O) groups is 2. The number of nitrogens with one attached hydrogen (secondary N) is 1. The van der Waals surface area contributed by atoms with E-state index in [1.54, 1.807) is 6.92 Å². The van der Waals surface area contributed by atoms with Gasteiger partial charge in [0.25, 0.3) is 11.8 Å². The standard InChI is InChI=1S/C20H20ClF3N4O4/c1-10(11-6-14(21)16(26-7-11)32-9-20(22,23)24)28-8-13-12(17(28)29)4-5-25-15(13)27-18(30)19(2,3)31/h4-7,10,31H,8-9H2,1-3H3,(H,25,27,30). The van der Waals surface area contributed by atoms with Gasteiger partial charge in [0.05, 0.1) is 12.6 Å². The van der Waals surface area contributed by atoms with E-state index in [9.17, 15) is 27.9 Å². The number of aliphatic hydroxyl groups is 1. The summed E-state index contributed by atoms with van der Waals surface area (Å²) >= 11 is 6.02. The largest absolute Gasteiger partial charge is 0.467 e. The molecule has 1 aliphatic heterocycles. The molecule has 2 N–H and O–H groups in total. The van der Waals surface area contributed by atoms with Crippen LogP contribution in [0.25, 0.3) is 0 Å². The molecule has 1 unspecified atom stereocenters. The molecule has 12 heteroatoms. The number of nitrogens with zero attached hydrogens (tertiary/aromatic N) is 3. The number of alkyl halides is 3. The van der Waals surface area contributed by atoms with Gasteiger partial charge in [0, 0.05) is 23.5 Å². The Morgan fingerprint density at radius 1 is 1.38 bits per heavy atom. The average molecular weight is 473 g/mol. The maximum atomic E-state index is 12.9. The van der Waals surface area contributed by atoms with Gasteiger partial charge in [-0.15, -0.1) is 0 Å². The van der Waals surface area contributed by atoms with Gasteiger partial charge in [0.15, 0.2) is 6.61 Å². The number of hydrogen-bond donors (Lipinski definition) is 2. The maximum Gasteiger partial charge on any atom is 0.422 e. The van der Waals surface area contributed by atoms with Crippen molar-refractivity contribution in [2.24, 2.45) is 0 Å². The van der Waals surface area contributed by atoms with E-state index in [0.29, 0.717) is 16.7 Å². The van der Waals surface area contributed by atoms with Crippen LogP contribution in [-0.2, 0) is 11.3 Å². The second-order valence-electron chi connectivity index (χ2n) is 7.77. The van der Waals surface area contributed by atoms with E-state index in [1.165, 1.54) is 43.3 Å². The van der Waals surface area contributed by atoms with Gasteiger partial charge < -0.3 is 20.1 Å². The highest BCUT2D eigenvalue weighted by atomic mass is 35.5. The first-order valence-electron chi connectivity index (χ1n) is 9.45. The quantitative estimate of drug-likeness (QED) is 0.667. The van der Waals surface area contributed by atoms with Crippen molar-refractivity contribution in [1.82, 2.24) is 14.9 Å². The Hall–Kier alpha value is -2.92. The van der Waals surface area contributed by atoms with Crippen LogP contribution in [0.2, 0.25) is 5.02 Å². The molecule has 0 bridgehead atoms. The number of rotatable bonds is 6. The van der Waals surface area contributed by atoms with Gasteiger partial charge in [-0.3, -0.25) is 9.59 Å². The number of halogens is 4. The number of fused-ring (bicyclic) bond motifs is 1. The molecular weight excluding hydrogens is 453 g/mol. The van der Waals surface area contributed by atoms with Crippen LogP contribution >= 0.6 is 11.6 Å². The number of aromatic nitrogens is 2. The van der Waals surface area contributed by atoms with Gasteiger partial charge in [0.2, 0.25) is 5.88 Å². The summed E-state index contributed by atoms with van der Waals surface area (Å²) in [5.41, 5.74) is -0.350. The maximum absolute atomic E-state index is 12.9. The first-order valence-corrected chi connectivity index (χ1v) is 9.83. The van der Waals surface area contributed by atoms with E-state index in [4.69, 9.17) is 11.6 Å². The van der Waals surface area contributed by atoms with Gasteiger partial charge in [-0.2, -0.15) is 13.2 Å². The molecule has 0 fully saturated rings. The van der Waals surface area contributed by atoms with Crippen molar-refractivity contribution in [3.63, 3.8) is 0 Å². The molecule has 0 spiro atoms. The minimum absolute atomic E-state index is 0.106. The summed E-state index contributed by atoms with van der Waals surface area (Å²) in [4.78, 5) is 34.5. The highest BCUT2D eigenvalue weighted by molar-refractivity contribution is 6.31. The minimum Gasteiger partial charge on any atom is -0.467 e. The lowest BCUT2D eigenvalue weighted by molar-refractivity contribution is -0.154. The Morgan fingerprint density at radius 3 is 2.66 bits per heavy atom. The smallest absolute Gasteiger partial charge is 0.422 e. The lowest BCUT2D eigenvalue weighted by Crippen LogP contribution is -2.37. The second kappa shape index (κ2) is 8.55. The SMILES string of the molecule is CC(c1cnc(OCC(F)(F)F)c(Cl)c1)N1Cc2c(ccnc2NC(=O)C(C)(C)O)C1=O. The van der Waals surface area contributed by atoms with Crippen LogP contribution in [0.15, 0.2) is 24.5 Å². The first-order chi connectivity index (χ1) is 14.8. The van der Waals surface area contributed by atoms with Crippen molar-refractivity contribution >= 4 is 29.2 Å². The molecule has 0 radical (unpaired) electrons. The third-order valence-electron chi connectivity index (χ3n) is 4.81. The Labute approximate surface area is 186 Å². The fourth-order valence-electron chi connectivity index (χ4n) is 3.04. The van der Waals surface area contributed by atoms with Crippen molar-refractivity contribution < 1.29 is 32.6 Å². The summed E-state index contributed by atoms with van der Waals surface area (Å²) in [6, 6.07) is 2.36. The van der Waals surface area contributed by atoms with E-state index in [-0.39, 0.29) is 29.2 Å². The highest BCUT2D eigenvalue weighted by Crippen LogP contribution is 2.35. The van der Waals surface area contributed by atoms with E-state index >= 15 is 0 Å². The molecule has 32 heavy (non-hydrogen) atoms. The van der Waals surface area contributed by atoms with E-state index in [2.05, 4.69) is 20.0 Å². The predicted molar refractivity (Wildman–Crippen MR) is 108 cm³/mol. The molecule has 8 nitrogen and oxygen atoms in total. The molecule has 2 aromatic heterocycles. The lowest BCUT2D eigenvalue weighted by Gasteiger charge is -2.25. The van der Waals surface area contributed by atoms with Crippen LogP contribution in [-0.4, -0.2) is 50.2 Å². The molecule has 1 aliphatic rings. The van der Waals surface area contributed by atoms with Crippen molar-refractivity contribution in [2.45, 2.75) is 45.1 Å². The van der Waals surface area contributed by atoms with E-state index in [0.717, 1.165) is 0 Å². The van der Waals surface area contributed by atoms with Crippen molar-refractivity contribution in [3.8, 4) is 5.88 Å². The van der Waals surface area contributed by atoms with Crippen LogP contribution < -0.4 is 10.1 Å². The van der Waals surface area contributed by atoms with Gasteiger partial charge >= 0.3 is 6.18 Å². The van der Waals surface area contributed by atoms with Crippen LogP contribution in [0.3, 0.4) is 0 Å². The fraction of sp³-hybridized carbons (Fsp3) is 0.400. The number of anilines is 1. The molecule has 1 atom stereocenters. The molecule has 0 aliphatic carbocycles. The third-order valence-corrected chi connectivity index (χ3v) is 5.08. The van der Waals surface area contributed by atoms with Gasteiger partial charge in [-0.1, -0.05) is 11.6 Å². The van der Waals surface area contributed by atoms with Crippen LogP contribution in [0.5, 0.6) is 5.88 Å². The molecule has 3 heterocycles. The molecule has 2 aromatic rings. The fourth-order valence-corrected chi connectivity index (χ4v) is 3.27. The highest BCUT2D eigenvalue weighted by Gasteiger charge is 2.35. The summed E-state index contributed by atoms with van der Waals surface area (Å²) < 4.78 is 41.6. The summed E-state index contributed by atoms with van der Waals surface area (Å²) in [6.07, 6.45) is -1.87. The van der Waals surface area contributed by atoms with E-state index in [1.807, 2.05) is 0 Å². The van der Waals surface area contributed by atoms with Crippen LogP contribution in [0, 0.1) is 0 Å². The molecule has 172 valence electrons. The first kappa shape index (κ1) is 23.7. The zero-order valence-electron chi connectivity index (χ0n) is 17.3. The van der Waals surface area contributed by atoms with Crippen LogP contribution in [0.1, 0.15) is 48.3 Å². The van der Waals surface area contributed by atoms with E-state index < -0.39 is 30.3 Å². The third kappa shape index (κ3) is 5.10. The number of pyridine rings is 2. The number of hydrogen-bond acceptors (Lipinski definition) is 6. The summed E-state index contributed by atoms with van der Waals surface area (Å²) in [6.45, 7) is 2.93. The second-order valence-corrected chi connectivity index (χ2v) is 8.17. The van der Waals surface area contributed by atoms with Gasteiger partial charge in [0.1, 0.15) is 16.4 Å². The molecular formula is C20H20ClF3N4O4. The predicted octanol–water partition coefficient (Wildman–Crippen LogP) is 3.50. The lowest BCUT2D eigenvalue weighted by atomic mass is 10.1. The van der Waals surface area contributed by atoms with Crippen molar-refractivity contribution in [3.05, 3.63) is 46.2 Å². The molecule has 2 amide bonds. The summed E-state index contributed by atoms with van der Waals surface area (Å²) in [5, 5.41) is 12.3. The van der Waals surface area contributed by atoms with Gasteiger partial charge in [-0.05, 0) is 38.5 Å². The number of carbonyl (C=O) groups excluding carboxylic acids is 2. The Morgan fingerprint density at radius 2 is 2.06 bits per heavy atom. The summed E-state index contributed by atoms with van der Waals surface area (Å²) in [5.74, 6) is -1.22.